The van der Waals surface area contributed by atoms with Crippen molar-refractivity contribution in [1.29, 1.82) is 0 Å². The van der Waals surface area contributed by atoms with Crippen molar-refractivity contribution in [3.8, 4) is 28.4 Å². The summed E-state index contributed by atoms with van der Waals surface area (Å²) >= 11 is 0. The molecule has 0 unspecified atom stereocenters. The van der Waals surface area contributed by atoms with Gasteiger partial charge in [0, 0.05) is 37.3 Å². The summed E-state index contributed by atoms with van der Waals surface area (Å²) in [6.07, 6.45) is 5.07. The number of hydrogen-bond donors (Lipinski definition) is 4. The summed E-state index contributed by atoms with van der Waals surface area (Å²) in [5.74, 6) is 0.908. The molecule has 42 heavy (non-hydrogen) atoms. The summed E-state index contributed by atoms with van der Waals surface area (Å²) in [5.41, 5.74) is 3.95. The highest BCUT2D eigenvalue weighted by Crippen LogP contribution is 2.50. The van der Waals surface area contributed by atoms with Crippen LogP contribution < -0.4 is 35.6 Å². The van der Waals surface area contributed by atoms with Crippen molar-refractivity contribution in [3.05, 3.63) is 63.8 Å². The van der Waals surface area contributed by atoms with Crippen molar-refractivity contribution in [2.45, 2.75) is 52.1 Å². The Morgan fingerprint density at radius 3 is 2.48 bits per heavy atom. The zero-order valence-electron chi connectivity index (χ0n) is 24.9. The first kappa shape index (κ1) is 30.4. The van der Waals surface area contributed by atoms with Crippen molar-refractivity contribution in [1.82, 2.24) is 20.6 Å². The molecule has 224 valence electrons. The van der Waals surface area contributed by atoms with Gasteiger partial charge in [0.2, 0.25) is 23.0 Å². The number of ether oxygens (including phenoxy) is 3. The van der Waals surface area contributed by atoms with Gasteiger partial charge in [-0.1, -0.05) is 19.9 Å². The number of amides is 2. The summed E-state index contributed by atoms with van der Waals surface area (Å²) in [5, 5.41) is 9.15. The van der Waals surface area contributed by atoms with Crippen LogP contribution in [0.4, 0.5) is 5.69 Å². The fourth-order valence-corrected chi connectivity index (χ4v) is 5.38. The number of benzene rings is 1. The summed E-state index contributed by atoms with van der Waals surface area (Å²) < 4.78 is 17.1. The van der Waals surface area contributed by atoms with Crippen LogP contribution >= 0.6 is 0 Å². The van der Waals surface area contributed by atoms with Crippen LogP contribution in [0.5, 0.6) is 17.2 Å². The van der Waals surface area contributed by atoms with Crippen molar-refractivity contribution in [3.63, 3.8) is 0 Å². The molecule has 4 N–H and O–H groups in total. The van der Waals surface area contributed by atoms with Crippen LogP contribution in [0.3, 0.4) is 0 Å². The minimum atomic E-state index is -0.654. The van der Waals surface area contributed by atoms with E-state index in [1.165, 1.54) is 13.0 Å². The topological polar surface area (TPSA) is 144 Å². The van der Waals surface area contributed by atoms with Crippen LogP contribution in [0.1, 0.15) is 50.1 Å². The average molecular weight is 578 g/mol. The van der Waals surface area contributed by atoms with Crippen molar-refractivity contribution in [2.24, 2.45) is 5.92 Å². The Labute approximate surface area is 245 Å². The van der Waals surface area contributed by atoms with E-state index in [-0.39, 0.29) is 28.8 Å². The summed E-state index contributed by atoms with van der Waals surface area (Å²) in [7, 11) is 4.66. The molecule has 0 saturated carbocycles. The number of rotatable bonds is 11. The van der Waals surface area contributed by atoms with Gasteiger partial charge in [0.25, 0.3) is 0 Å². The van der Waals surface area contributed by atoms with E-state index in [1.54, 1.807) is 39.9 Å². The van der Waals surface area contributed by atoms with Gasteiger partial charge in [-0.3, -0.25) is 14.4 Å². The van der Waals surface area contributed by atoms with E-state index in [0.717, 1.165) is 16.8 Å². The van der Waals surface area contributed by atoms with Crippen LogP contribution in [0.25, 0.3) is 11.1 Å². The zero-order valence-corrected chi connectivity index (χ0v) is 24.9. The first-order valence-electron chi connectivity index (χ1n) is 14.0. The number of hydrogen-bond acceptors (Lipinski definition) is 8. The number of aromatic amines is 1. The third kappa shape index (κ3) is 6.50. The number of imidazole rings is 1. The quantitative estimate of drug-likeness (QED) is 0.272. The normalized spacial score (nSPS) is 14.6. The summed E-state index contributed by atoms with van der Waals surface area (Å²) in [6.45, 7) is 5.72. The molecule has 2 atom stereocenters. The highest BCUT2D eigenvalue weighted by molar-refractivity contribution is 5.86. The van der Waals surface area contributed by atoms with Crippen LogP contribution in [0, 0.1) is 5.92 Å². The van der Waals surface area contributed by atoms with E-state index in [1.807, 2.05) is 26.0 Å². The molecule has 0 radical (unpaired) electrons. The monoisotopic (exact) mass is 577 g/mol. The highest BCUT2D eigenvalue weighted by Gasteiger charge is 2.30. The Morgan fingerprint density at radius 1 is 1.10 bits per heavy atom. The zero-order chi connectivity index (χ0) is 30.4. The SMILES string of the molecule is COc1cc2c(c(OC)c1OC)-c1ccc(N[C@@H](C(=O)NCCc3cnc[nH]3)C(C)C)c(=O)cc1[C@@H](NC(C)=O)CC2. The lowest BCUT2D eigenvalue weighted by Crippen LogP contribution is -2.44. The lowest BCUT2D eigenvalue weighted by molar-refractivity contribution is -0.122. The molecule has 4 rings (SSSR count). The van der Waals surface area contributed by atoms with E-state index < -0.39 is 12.1 Å². The lowest BCUT2D eigenvalue weighted by Gasteiger charge is -2.22. The maximum absolute atomic E-state index is 13.7. The molecule has 0 spiro atoms. The van der Waals surface area contributed by atoms with E-state index in [9.17, 15) is 14.4 Å². The molecule has 3 aromatic rings. The minimum absolute atomic E-state index is 0.107. The second kappa shape index (κ2) is 13.4. The number of methoxy groups -OCH3 is 3. The second-order valence-corrected chi connectivity index (χ2v) is 10.6. The maximum Gasteiger partial charge on any atom is 0.242 e. The molecule has 11 heteroatoms. The van der Waals surface area contributed by atoms with Crippen molar-refractivity contribution >= 4 is 17.5 Å². The first-order valence-corrected chi connectivity index (χ1v) is 14.0. The van der Waals surface area contributed by atoms with E-state index in [2.05, 4.69) is 25.9 Å². The number of nitrogens with one attached hydrogen (secondary N) is 4. The first-order chi connectivity index (χ1) is 20.2. The molecule has 0 bridgehead atoms. The van der Waals surface area contributed by atoms with Crippen molar-refractivity contribution < 1.29 is 23.8 Å². The van der Waals surface area contributed by atoms with Crippen LogP contribution in [-0.4, -0.2) is 55.7 Å². The Bertz CT molecular complexity index is 1490. The molecule has 0 fully saturated rings. The van der Waals surface area contributed by atoms with E-state index >= 15 is 0 Å². The van der Waals surface area contributed by atoms with E-state index in [0.29, 0.717) is 54.2 Å². The van der Waals surface area contributed by atoms with Gasteiger partial charge in [0.05, 0.1) is 39.4 Å². The van der Waals surface area contributed by atoms with E-state index in [4.69, 9.17) is 14.2 Å². The Morgan fingerprint density at radius 2 is 1.86 bits per heavy atom. The number of nitrogens with zero attached hydrogens (tertiary/aromatic N) is 1. The predicted molar refractivity (Wildman–Crippen MR) is 160 cm³/mol. The number of aryl methyl sites for hydroxylation is 1. The second-order valence-electron chi connectivity index (χ2n) is 10.6. The minimum Gasteiger partial charge on any atom is -0.493 e. The van der Waals surface area contributed by atoms with Gasteiger partial charge in [-0.05, 0) is 53.6 Å². The number of aromatic nitrogens is 2. The number of fused-ring (bicyclic) bond motifs is 3. The molecule has 11 nitrogen and oxygen atoms in total. The third-order valence-electron chi connectivity index (χ3n) is 7.42. The van der Waals surface area contributed by atoms with Crippen LogP contribution in [0.15, 0.2) is 41.6 Å². The predicted octanol–water partition coefficient (Wildman–Crippen LogP) is 3.38. The number of carbonyl (C=O) groups excluding carboxylic acids is 2. The fourth-order valence-electron chi connectivity index (χ4n) is 5.38. The smallest absolute Gasteiger partial charge is 0.242 e. The number of H-pyrrole nitrogens is 1. The average Bonchev–Trinajstić information content (AvgIpc) is 3.37. The molecule has 2 aromatic carbocycles. The van der Waals surface area contributed by atoms with Gasteiger partial charge < -0.3 is 35.1 Å². The Hall–Kier alpha value is -4.54. The van der Waals surface area contributed by atoms with Crippen LogP contribution in [-0.2, 0) is 22.4 Å². The molecule has 0 aliphatic heterocycles. The Kier molecular flexibility index (Phi) is 9.72. The summed E-state index contributed by atoms with van der Waals surface area (Å²) in [6, 6.07) is 5.88. The van der Waals surface area contributed by atoms with Gasteiger partial charge in [-0.2, -0.15) is 0 Å². The van der Waals surface area contributed by atoms with Gasteiger partial charge in [-0.25, -0.2) is 4.98 Å². The lowest BCUT2D eigenvalue weighted by atomic mass is 9.95. The molecular weight excluding hydrogens is 538 g/mol. The maximum atomic E-state index is 13.7. The molecule has 2 amide bonds. The van der Waals surface area contributed by atoms with Gasteiger partial charge in [0.15, 0.2) is 11.5 Å². The molecule has 1 aliphatic carbocycles. The van der Waals surface area contributed by atoms with Crippen LogP contribution in [0.2, 0.25) is 0 Å². The largest absolute Gasteiger partial charge is 0.493 e. The van der Waals surface area contributed by atoms with Gasteiger partial charge in [0.1, 0.15) is 6.04 Å². The van der Waals surface area contributed by atoms with Crippen molar-refractivity contribution in [2.75, 3.05) is 33.2 Å². The fraction of sp³-hybridized carbons (Fsp3) is 0.419. The number of carbonyl (C=O) groups is 2. The highest BCUT2D eigenvalue weighted by atomic mass is 16.5. The Balaban J connectivity index is 1.77. The summed E-state index contributed by atoms with van der Waals surface area (Å²) in [4.78, 5) is 46.1. The molecule has 1 heterocycles. The van der Waals surface area contributed by atoms with Gasteiger partial charge in [-0.15, -0.1) is 0 Å². The molecule has 0 saturated heterocycles. The van der Waals surface area contributed by atoms with Gasteiger partial charge >= 0.3 is 0 Å². The standard InChI is InChI=1S/C31H39N5O6/c1-17(2)28(31(39)33-12-11-20-15-32-16-34-20)36-24-10-8-21-22(14-25(24)38)23(35-18(3)37)9-7-19-13-26(40-4)29(41-5)30(42-6)27(19)21/h8,10,13-17,23,28H,7,9,11-12H2,1-6H3,(H,32,34)(H,33,39)(H,35,37)(H,36,38)/t23-,28+/m0/s1. The molecule has 1 aromatic heterocycles. The molecular formula is C31H39N5O6. The third-order valence-corrected chi connectivity index (χ3v) is 7.42. The molecule has 1 aliphatic rings. The number of anilines is 1.